The van der Waals surface area contributed by atoms with Crippen molar-refractivity contribution in [2.75, 3.05) is 26.1 Å². The molecule has 2 saturated carbocycles. The van der Waals surface area contributed by atoms with Crippen LogP contribution in [-0.2, 0) is 20.8 Å². The summed E-state index contributed by atoms with van der Waals surface area (Å²) >= 11 is 0. The summed E-state index contributed by atoms with van der Waals surface area (Å²) in [6, 6.07) is 1.33. The van der Waals surface area contributed by atoms with Gasteiger partial charge in [-0.2, -0.15) is 0 Å². The number of likely N-dealkylation sites (N-methyl/N-ethyl adjacent to an activating group) is 1. The Morgan fingerprint density at radius 2 is 1.97 bits per heavy atom. The summed E-state index contributed by atoms with van der Waals surface area (Å²) in [6.07, 6.45) is -1.38. The van der Waals surface area contributed by atoms with E-state index in [1.54, 1.807) is 27.1 Å². The molecule has 7 atom stereocenters. The highest BCUT2D eigenvalue weighted by Crippen LogP contribution is 2.53. The zero-order valence-electron chi connectivity index (χ0n) is 19.7. The molecule has 0 bridgehead atoms. The minimum absolute atomic E-state index is 0.0198. The molecule has 0 spiro atoms. The molecular weight excluding hydrogens is 461 g/mol. The Bertz CT molecular complexity index is 1140. The number of carbonyl (C=O) groups excluding carboxylic acids is 3. The molecule has 35 heavy (non-hydrogen) atoms. The van der Waals surface area contributed by atoms with E-state index < -0.39 is 71.4 Å². The van der Waals surface area contributed by atoms with Crippen LogP contribution in [0.25, 0.3) is 5.76 Å². The van der Waals surface area contributed by atoms with Gasteiger partial charge in [0.15, 0.2) is 11.4 Å². The quantitative estimate of drug-likeness (QED) is 0.243. The fourth-order valence-corrected chi connectivity index (χ4v) is 6.04. The minimum Gasteiger partial charge on any atom is -0.507 e. The van der Waals surface area contributed by atoms with Gasteiger partial charge < -0.3 is 36.4 Å². The number of phenolic OH excluding ortho intramolecular Hbond substituents is 1. The Kier molecular flexibility index (Phi) is 6.15. The molecule has 3 aliphatic carbocycles. The number of aromatic hydroxyl groups is 1. The number of alkyl halides is 1. The number of anilines is 1. The molecule has 1 aromatic carbocycles. The van der Waals surface area contributed by atoms with Crippen LogP contribution in [0.2, 0.25) is 0 Å². The molecule has 3 aliphatic rings. The molecule has 4 rings (SSSR count). The van der Waals surface area contributed by atoms with E-state index in [4.69, 9.17) is 5.73 Å². The third-order valence-electron chi connectivity index (χ3n) is 7.61. The van der Waals surface area contributed by atoms with Crippen molar-refractivity contribution in [1.82, 2.24) is 4.90 Å². The number of rotatable bonds is 5. The van der Waals surface area contributed by atoms with Crippen LogP contribution in [0.1, 0.15) is 24.5 Å². The van der Waals surface area contributed by atoms with E-state index in [1.165, 1.54) is 11.0 Å². The van der Waals surface area contributed by atoms with Gasteiger partial charge in [-0.25, -0.2) is 4.39 Å². The van der Waals surface area contributed by atoms with Crippen molar-refractivity contribution in [3.8, 4) is 5.75 Å². The van der Waals surface area contributed by atoms with E-state index in [2.05, 4.69) is 5.32 Å². The fraction of sp³-hybridized carbons (Fsp3) is 0.542. The summed E-state index contributed by atoms with van der Waals surface area (Å²) in [5, 5.41) is 47.0. The van der Waals surface area contributed by atoms with Crippen LogP contribution in [0.3, 0.4) is 0 Å². The van der Waals surface area contributed by atoms with Gasteiger partial charge in [-0.05, 0) is 57.5 Å². The summed E-state index contributed by atoms with van der Waals surface area (Å²) in [5.41, 5.74) is 3.33. The maximum Gasteiger partial charge on any atom is 0.230 e. The number of aliphatic hydroxyl groups is 3. The third kappa shape index (κ3) is 3.52. The Morgan fingerprint density at radius 3 is 2.54 bits per heavy atom. The number of nitrogens with one attached hydrogen (secondary N) is 1. The van der Waals surface area contributed by atoms with Gasteiger partial charge in [0, 0.05) is 23.2 Å². The first kappa shape index (κ1) is 25.1. The number of ketones is 2. The Morgan fingerprint density at radius 1 is 1.31 bits per heavy atom. The zero-order valence-corrected chi connectivity index (χ0v) is 19.7. The first-order valence-corrected chi connectivity index (χ1v) is 11.4. The summed E-state index contributed by atoms with van der Waals surface area (Å²) in [5.74, 6) is -7.93. The second-order valence-corrected chi connectivity index (χ2v) is 9.98. The van der Waals surface area contributed by atoms with E-state index in [0.717, 1.165) is 0 Å². The van der Waals surface area contributed by atoms with Crippen molar-refractivity contribution in [2.24, 2.45) is 23.5 Å². The molecule has 4 unspecified atom stereocenters. The lowest BCUT2D eigenvalue weighted by atomic mass is 9.54. The molecular formula is C24H30FN3O7. The van der Waals surface area contributed by atoms with Crippen molar-refractivity contribution in [3.63, 3.8) is 0 Å². The predicted molar refractivity (Wildman–Crippen MR) is 123 cm³/mol. The predicted octanol–water partition coefficient (Wildman–Crippen LogP) is -0.101. The van der Waals surface area contributed by atoms with Crippen LogP contribution in [0.15, 0.2) is 17.7 Å². The number of hydrogen-bond donors (Lipinski definition) is 6. The summed E-state index contributed by atoms with van der Waals surface area (Å²) in [7, 11) is 3.17. The maximum absolute atomic E-state index is 13.7. The van der Waals surface area contributed by atoms with Gasteiger partial charge in [0.05, 0.1) is 17.7 Å². The number of nitrogens with two attached hydrogens (primary N) is 1. The summed E-state index contributed by atoms with van der Waals surface area (Å²) < 4.78 is 13.2. The normalized spacial score (nSPS) is 33.2. The molecule has 0 aromatic heterocycles. The van der Waals surface area contributed by atoms with Gasteiger partial charge in [0.1, 0.15) is 24.1 Å². The summed E-state index contributed by atoms with van der Waals surface area (Å²) in [4.78, 5) is 40.6. The number of halogens is 1. The lowest BCUT2D eigenvalue weighted by Gasteiger charge is -2.53. The van der Waals surface area contributed by atoms with E-state index in [0.29, 0.717) is 11.3 Å². The highest BCUT2D eigenvalue weighted by Gasteiger charge is 2.67. The number of nitrogens with zero attached hydrogens (tertiary/aromatic N) is 1. The number of fused-ring (bicyclic) bond motifs is 3. The molecule has 0 heterocycles. The van der Waals surface area contributed by atoms with Crippen molar-refractivity contribution in [3.05, 3.63) is 28.8 Å². The molecule has 1 amide bonds. The number of Topliss-reactive ketones (excluding diaryl/α,β-unsaturated/α-hetero) is 2. The van der Waals surface area contributed by atoms with Crippen molar-refractivity contribution in [2.45, 2.75) is 43.6 Å². The lowest BCUT2D eigenvalue weighted by molar-refractivity contribution is -0.184. The van der Waals surface area contributed by atoms with Gasteiger partial charge in [-0.15, -0.1) is 0 Å². The topological polar surface area (TPSA) is 173 Å². The second kappa shape index (κ2) is 8.58. The average Bonchev–Trinajstić information content (AvgIpc) is 2.77. The van der Waals surface area contributed by atoms with Crippen LogP contribution in [0.4, 0.5) is 10.1 Å². The number of hydrogen-bond acceptors (Lipinski definition) is 9. The SMILES string of the molecule is CC(CF)Nc1ccc(O)c2c1C[C@@H]1C[C@@H]3C(N(C)C)C(O)C(C(N)=O)C(=O)[C@]3(O)C(=O)C1=C2O. The molecule has 0 aliphatic heterocycles. The Hall–Kier alpha value is -3.02. The van der Waals surface area contributed by atoms with Gasteiger partial charge in [-0.3, -0.25) is 14.4 Å². The standard InChI is InChI=1S/C24H30FN3O7/c1-9(8-25)27-13-4-5-14(29)16-11(13)6-10-7-12-18(28(2)3)20(31)17(23(26)34)22(33)24(12,35)21(32)15(10)19(16)30/h4-5,9-10,12,17-18,20,27,29-31,35H,6-8H2,1-3H3,(H2,26,34)/t9?,10-,12-,17?,18?,20?,24-/m1/s1. The smallest absolute Gasteiger partial charge is 0.230 e. The van der Waals surface area contributed by atoms with Gasteiger partial charge in [0.25, 0.3) is 0 Å². The van der Waals surface area contributed by atoms with E-state index in [-0.39, 0.29) is 29.7 Å². The zero-order chi connectivity index (χ0) is 26.0. The maximum atomic E-state index is 13.7. The highest BCUT2D eigenvalue weighted by atomic mass is 19.1. The lowest BCUT2D eigenvalue weighted by Crippen LogP contribution is -2.73. The van der Waals surface area contributed by atoms with Gasteiger partial charge in [-0.1, -0.05) is 0 Å². The third-order valence-corrected chi connectivity index (χ3v) is 7.61. The molecule has 10 nitrogen and oxygen atoms in total. The Labute approximate surface area is 201 Å². The molecule has 11 heteroatoms. The number of benzene rings is 1. The monoisotopic (exact) mass is 491 g/mol. The number of aliphatic hydroxyl groups excluding tert-OH is 2. The second-order valence-electron chi connectivity index (χ2n) is 9.98. The van der Waals surface area contributed by atoms with Gasteiger partial charge in [0.2, 0.25) is 11.7 Å². The number of carbonyl (C=O) groups is 3. The van der Waals surface area contributed by atoms with Crippen LogP contribution in [-0.4, -0.2) is 87.4 Å². The molecule has 7 N–H and O–H groups in total. The Balaban J connectivity index is 1.89. The summed E-state index contributed by atoms with van der Waals surface area (Å²) in [6.45, 7) is 0.963. The average molecular weight is 492 g/mol. The van der Waals surface area contributed by atoms with Crippen molar-refractivity contribution < 1.29 is 39.2 Å². The van der Waals surface area contributed by atoms with Crippen LogP contribution >= 0.6 is 0 Å². The first-order chi connectivity index (χ1) is 16.4. The van der Waals surface area contributed by atoms with Crippen molar-refractivity contribution in [1.29, 1.82) is 0 Å². The molecule has 190 valence electrons. The minimum atomic E-state index is -2.70. The van der Waals surface area contributed by atoms with Crippen LogP contribution in [0.5, 0.6) is 5.75 Å². The largest absolute Gasteiger partial charge is 0.507 e. The van der Waals surface area contributed by atoms with E-state index >= 15 is 0 Å². The van der Waals surface area contributed by atoms with E-state index in [1.807, 2.05) is 0 Å². The molecule has 2 fully saturated rings. The number of phenols is 1. The highest BCUT2D eigenvalue weighted by molar-refractivity contribution is 6.25. The fourth-order valence-electron chi connectivity index (χ4n) is 6.04. The van der Waals surface area contributed by atoms with Gasteiger partial charge >= 0.3 is 0 Å². The first-order valence-electron chi connectivity index (χ1n) is 11.4. The molecule has 1 aromatic rings. The van der Waals surface area contributed by atoms with Crippen LogP contribution in [0, 0.1) is 17.8 Å². The number of primary amides is 1. The van der Waals surface area contributed by atoms with Crippen molar-refractivity contribution >= 4 is 28.9 Å². The molecule has 0 saturated heterocycles. The van der Waals surface area contributed by atoms with Crippen LogP contribution < -0.4 is 11.1 Å². The number of amides is 1. The molecule has 0 radical (unpaired) electrons. The van der Waals surface area contributed by atoms with E-state index in [9.17, 15) is 39.2 Å².